The Morgan fingerprint density at radius 2 is 1.94 bits per heavy atom. The van der Waals surface area contributed by atoms with Gasteiger partial charge in [-0.2, -0.15) is 0 Å². The summed E-state index contributed by atoms with van der Waals surface area (Å²) < 4.78 is 1.90. The minimum absolute atomic E-state index is 0.0320. The van der Waals surface area contributed by atoms with Crippen LogP contribution in [0.15, 0.2) is 16.9 Å². The lowest BCUT2D eigenvalue weighted by atomic mass is 9.90. The van der Waals surface area contributed by atoms with E-state index in [1.165, 1.54) is 0 Å². The molecule has 3 nitrogen and oxygen atoms in total. The molecule has 0 bridgehead atoms. The molecule has 96 valence electrons. The molecule has 0 amide bonds. The highest BCUT2D eigenvalue weighted by Crippen LogP contribution is 2.24. The molecule has 1 aromatic heterocycles. The third-order valence-corrected chi connectivity index (χ3v) is 3.22. The maximum Gasteiger partial charge on any atom is 0.255 e. The molecule has 0 aromatic carbocycles. The second-order valence-corrected chi connectivity index (χ2v) is 5.63. The van der Waals surface area contributed by atoms with E-state index in [1.54, 1.807) is 0 Å². The Labute approximate surface area is 104 Å². The second-order valence-electron chi connectivity index (χ2n) is 5.63. The average Bonchev–Trinajstić information content (AvgIpc) is 2.26. The smallest absolute Gasteiger partial charge is 0.255 e. The van der Waals surface area contributed by atoms with Gasteiger partial charge in [0.15, 0.2) is 0 Å². The van der Waals surface area contributed by atoms with Crippen LogP contribution in [0.1, 0.15) is 58.3 Å². The number of nitrogens with two attached hydrogens (primary N) is 1. The van der Waals surface area contributed by atoms with Crippen molar-refractivity contribution >= 4 is 0 Å². The predicted molar refractivity (Wildman–Crippen MR) is 72.3 cm³/mol. The molecule has 2 N–H and O–H groups in total. The van der Waals surface area contributed by atoms with E-state index in [2.05, 4.69) is 34.6 Å². The highest BCUT2D eigenvalue weighted by molar-refractivity contribution is 5.22. The van der Waals surface area contributed by atoms with E-state index >= 15 is 0 Å². The summed E-state index contributed by atoms with van der Waals surface area (Å²) in [5.41, 5.74) is 7.41. The molecule has 0 radical (unpaired) electrons. The van der Waals surface area contributed by atoms with Crippen LogP contribution in [0, 0.1) is 0 Å². The predicted octanol–water partition coefficient (Wildman–Crippen LogP) is 2.58. The Hall–Kier alpha value is -1.09. The topological polar surface area (TPSA) is 48.0 Å². The number of hydrogen-bond donors (Lipinski definition) is 1. The van der Waals surface area contributed by atoms with Crippen molar-refractivity contribution in [3.63, 3.8) is 0 Å². The Morgan fingerprint density at radius 1 is 1.35 bits per heavy atom. The van der Waals surface area contributed by atoms with Gasteiger partial charge in [0.2, 0.25) is 0 Å². The van der Waals surface area contributed by atoms with Crippen molar-refractivity contribution in [3.8, 4) is 0 Å². The van der Waals surface area contributed by atoms with Crippen LogP contribution in [0.5, 0.6) is 0 Å². The first-order chi connectivity index (χ1) is 7.82. The molecule has 0 saturated heterocycles. The van der Waals surface area contributed by atoms with Crippen LogP contribution >= 0.6 is 0 Å². The van der Waals surface area contributed by atoms with Gasteiger partial charge < -0.3 is 10.3 Å². The molecular weight excluding hydrogens is 212 g/mol. The highest BCUT2D eigenvalue weighted by atomic mass is 16.1. The largest absolute Gasteiger partial charge is 0.326 e. The molecule has 1 heterocycles. The van der Waals surface area contributed by atoms with Gasteiger partial charge >= 0.3 is 0 Å². The fraction of sp³-hybridized carbons (Fsp3) is 0.643. The zero-order chi connectivity index (χ0) is 13.2. The Balaban J connectivity index is 3.53. The summed E-state index contributed by atoms with van der Waals surface area (Å²) in [6.07, 6.45) is 0.941. The first kappa shape index (κ1) is 14.0. The molecule has 1 atom stereocenters. The molecule has 0 saturated carbocycles. The maximum absolute atomic E-state index is 12.4. The van der Waals surface area contributed by atoms with E-state index in [4.69, 9.17) is 5.73 Å². The van der Waals surface area contributed by atoms with Gasteiger partial charge in [0.05, 0.1) is 0 Å². The van der Waals surface area contributed by atoms with Gasteiger partial charge in [-0.15, -0.1) is 0 Å². The van der Waals surface area contributed by atoms with Gasteiger partial charge in [-0.05, 0) is 19.4 Å². The molecule has 0 aliphatic rings. The van der Waals surface area contributed by atoms with Gasteiger partial charge in [-0.3, -0.25) is 4.79 Å². The van der Waals surface area contributed by atoms with Crippen molar-refractivity contribution in [2.75, 3.05) is 0 Å². The molecule has 17 heavy (non-hydrogen) atoms. The van der Waals surface area contributed by atoms with Crippen molar-refractivity contribution in [1.82, 2.24) is 4.57 Å². The first-order valence-electron chi connectivity index (χ1n) is 6.27. The van der Waals surface area contributed by atoms with E-state index in [0.29, 0.717) is 12.1 Å². The zero-order valence-corrected chi connectivity index (χ0v) is 11.6. The van der Waals surface area contributed by atoms with Crippen molar-refractivity contribution in [2.24, 2.45) is 5.73 Å². The lowest BCUT2D eigenvalue weighted by Crippen LogP contribution is -2.34. The standard InChI is InChI=1S/C14H24N2O/c1-6-10(2)16-12(14(3,4)5)8-7-11(9-15)13(16)17/h7-8,10H,6,9,15H2,1-5H3. The summed E-state index contributed by atoms with van der Waals surface area (Å²) in [4.78, 5) is 12.4. The van der Waals surface area contributed by atoms with Crippen LogP contribution in [-0.4, -0.2) is 4.57 Å². The molecular formula is C14H24N2O. The van der Waals surface area contributed by atoms with Crippen LogP contribution in [0.25, 0.3) is 0 Å². The van der Waals surface area contributed by atoms with E-state index in [0.717, 1.165) is 12.1 Å². The number of rotatable bonds is 3. The van der Waals surface area contributed by atoms with Gasteiger partial charge in [0.1, 0.15) is 0 Å². The summed E-state index contributed by atoms with van der Waals surface area (Å²) in [6.45, 7) is 10.9. The van der Waals surface area contributed by atoms with Gasteiger partial charge in [0.25, 0.3) is 5.56 Å². The van der Waals surface area contributed by atoms with E-state index < -0.39 is 0 Å². The normalized spacial score (nSPS) is 13.8. The monoisotopic (exact) mass is 236 g/mol. The lowest BCUT2D eigenvalue weighted by Gasteiger charge is -2.28. The molecule has 1 rings (SSSR count). The zero-order valence-electron chi connectivity index (χ0n) is 11.6. The SMILES string of the molecule is CCC(C)n1c(C(C)(C)C)ccc(CN)c1=O. The fourth-order valence-electron chi connectivity index (χ4n) is 1.98. The summed E-state index contributed by atoms with van der Waals surface area (Å²) in [5.74, 6) is 0. The Morgan fingerprint density at radius 3 is 2.35 bits per heavy atom. The molecule has 0 spiro atoms. The maximum atomic E-state index is 12.4. The molecule has 3 heteroatoms. The average molecular weight is 236 g/mol. The Bertz CT molecular complexity index is 441. The minimum atomic E-state index is -0.0320. The summed E-state index contributed by atoms with van der Waals surface area (Å²) >= 11 is 0. The highest BCUT2D eigenvalue weighted by Gasteiger charge is 2.21. The number of hydrogen-bond acceptors (Lipinski definition) is 2. The van der Waals surface area contributed by atoms with Crippen LogP contribution in [0.2, 0.25) is 0 Å². The van der Waals surface area contributed by atoms with Gasteiger partial charge in [-0.25, -0.2) is 0 Å². The third kappa shape index (κ3) is 2.78. The second kappa shape index (κ2) is 5.05. The van der Waals surface area contributed by atoms with Crippen molar-refractivity contribution in [2.45, 2.75) is 59.0 Å². The summed E-state index contributed by atoms with van der Waals surface area (Å²) in [6, 6.07) is 4.11. The molecule has 0 aliphatic carbocycles. The van der Waals surface area contributed by atoms with Crippen LogP contribution in [-0.2, 0) is 12.0 Å². The minimum Gasteiger partial charge on any atom is -0.326 e. The fourth-order valence-corrected chi connectivity index (χ4v) is 1.98. The number of nitrogens with zero attached hydrogens (tertiary/aromatic N) is 1. The van der Waals surface area contributed by atoms with E-state index in [9.17, 15) is 4.79 Å². The van der Waals surface area contributed by atoms with Crippen molar-refractivity contribution < 1.29 is 0 Å². The number of pyridine rings is 1. The van der Waals surface area contributed by atoms with Crippen LogP contribution < -0.4 is 11.3 Å². The molecule has 0 aliphatic heterocycles. The molecule has 1 unspecified atom stereocenters. The first-order valence-corrected chi connectivity index (χ1v) is 6.27. The van der Waals surface area contributed by atoms with E-state index in [-0.39, 0.29) is 17.0 Å². The van der Waals surface area contributed by atoms with Crippen LogP contribution in [0.3, 0.4) is 0 Å². The quantitative estimate of drug-likeness (QED) is 0.877. The van der Waals surface area contributed by atoms with Gasteiger partial charge in [0, 0.05) is 29.3 Å². The number of aromatic nitrogens is 1. The lowest BCUT2D eigenvalue weighted by molar-refractivity contribution is 0.436. The van der Waals surface area contributed by atoms with Crippen molar-refractivity contribution in [3.05, 3.63) is 33.7 Å². The molecule has 0 fully saturated rings. The summed E-state index contributed by atoms with van der Waals surface area (Å²) in [5, 5.41) is 0. The van der Waals surface area contributed by atoms with Crippen LogP contribution in [0.4, 0.5) is 0 Å². The summed E-state index contributed by atoms with van der Waals surface area (Å²) in [7, 11) is 0. The Kier molecular flexibility index (Phi) is 4.15. The third-order valence-electron chi connectivity index (χ3n) is 3.22. The van der Waals surface area contributed by atoms with Crippen molar-refractivity contribution in [1.29, 1.82) is 0 Å². The van der Waals surface area contributed by atoms with E-state index in [1.807, 2.05) is 16.7 Å². The van der Waals surface area contributed by atoms with Gasteiger partial charge in [-0.1, -0.05) is 33.8 Å². The molecule has 1 aromatic rings.